The monoisotopic (exact) mass is 1100 g/mol. The standard InChI is InChI=1S/C9H10F2O.C7H11NO.C7H8O3.2C6H10N2O.C5H9N3O.C5H9N3.C5H8N2O2.3CH4/c1-5(2)6-3-4-7(10)9(12)8(6)11;1-5(2)7-4-6(3)9-8-7;1-3(2)4-5(8)7(10)6(4)9;1-4(2)6-8-7-5(3)9-6;1-4(2)6-7-5(3)9-8-6;1-3(2)4-6-5(9)8-7-4;1-4(2)5-6-3-7-8-5;1-3(2)4-6-5(8)9-7-4;;;/h3-5,12H,1-2H3;4-5H,1-3H3;3,8H,1-2H3;4,7H,3H2,1-2H3;4H,3H2,1-2H3,(H,7,8);3H,1-2H3,(H2,6,7,8,9);3-4H,1-2H3,(H,6,7,8);3H,1-2H3,(H,6,7,8);3*1H4. The lowest BCUT2D eigenvalue weighted by atomic mass is 9.98. The van der Waals surface area contributed by atoms with E-state index < -0.39 is 34.0 Å². The number of aliphatic imine (C=N–C) groups is 1. The van der Waals surface area contributed by atoms with E-state index in [1.807, 2.05) is 68.4 Å². The lowest BCUT2D eigenvalue weighted by molar-refractivity contribution is 0.176. The third kappa shape index (κ3) is 25.7. The first kappa shape index (κ1) is 74.3. The van der Waals surface area contributed by atoms with Crippen LogP contribution in [0.1, 0.15) is 209 Å². The summed E-state index contributed by atoms with van der Waals surface area (Å²) in [5.74, 6) is 4.19. The Morgan fingerprint density at radius 3 is 1.49 bits per heavy atom. The third-order valence-electron chi connectivity index (χ3n) is 9.58. The molecule has 6 heterocycles. The van der Waals surface area contributed by atoms with Gasteiger partial charge < -0.3 is 24.3 Å². The van der Waals surface area contributed by atoms with Crippen LogP contribution in [0.4, 0.5) is 8.78 Å². The minimum atomic E-state index is -0.920. The maximum Gasteiger partial charge on any atom is 0.438 e. The van der Waals surface area contributed by atoms with Crippen molar-refractivity contribution in [1.82, 2.24) is 56.6 Å². The molecule has 0 saturated heterocycles. The number of benzene rings is 1. The van der Waals surface area contributed by atoms with Crippen LogP contribution in [0.15, 0.2) is 87.8 Å². The number of amidine groups is 1. The number of phenols is 1. The summed E-state index contributed by atoms with van der Waals surface area (Å²) >= 11 is 0. The number of ether oxygens (including phenoxy) is 1. The number of hydrogen-bond donors (Lipinski definition) is 8. The second-order valence-corrected chi connectivity index (χ2v) is 18.9. The Morgan fingerprint density at radius 1 is 0.641 bits per heavy atom. The van der Waals surface area contributed by atoms with Gasteiger partial charge in [0.05, 0.1) is 11.3 Å². The normalized spacial score (nSPS) is 11.8. The van der Waals surface area contributed by atoms with Crippen LogP contribution in [0.2, 0.25) is 0 Å². The van der Waals surface area contributed by atoms with Gasteiger partial charge in [-0.3, -0.25) is 29.2 Å². The van der Waals surface area contributed by atoms with Crippen molar-refractivity contribution in [3.05, 3.63) is 143 Å². The van der Waals surface area contributed by atoms with Crippen LogP contribution < -0.4 is 33.2 Å². The van der Waals surface area contributed by atoms with Crippen molar-refractivity contribution in [2.45, 2.75) is 175 Å². The summed E-state index contributed by atoms with van der Waals surface area (Å²) < 4.78 is 39.8. The Bertz CT molecular complexity index is 2860. The van der Waals surface area contributed by atoms with Crippen molar-refractivity contribution in [3.63, 3.8) is 0 Å². The van der Waals surface area contributed by atoms with Crippen molar-refractivity contribution < 1.29 is 37.6 Å². The molecule has 0 spiro atoms. The number of phenolic OH excluding ortho intramolecular Hbond substituents is 1. The molecule has 0 unspecified atom stereocenters. The Morgan fingerprint density at radius 2 is 1.23 bits per heavy atom. The fraction of sp³-hybridized carbons (Fsp3) is 0.528. The molecule has 2 aromatic carbocycles. The van der Waals surface area contributed by atoms with Gasteiger partial charge in [0, 0.05) is 35.7 Å². The minimum absolute atomic E-state index is 0. The Hall–Kier alpha value is -7.99. The van der Waals surface area contributed by atoms with Gasteiger partial charge in [-0.15, -0.1) is 5.10 Å². The van der Waals surface area contributed by atoms with Gasteiger partial charge in [-0.2, -0.15) is 15.2 Å². The van der Waals surface area contributed by atoms with E-state index in [1.54, 1.807) is 27.7 Å². The molecule has 2 aliphatic rings. The van der Waals surface area contributed by atoms with E-state index in [2.05, 4.69) is 112 Å². The van der Waals surface area contributed by atoms with E-state index in [-0.39, 0.29) is 63.0 Å². The molecule has 8 rings (SSSR count). The molecular formula is C53H87F2N13O10. The number of halogens is 2. The summed E-state index contributed by atoms with van der Waals surface area (Å²) in [4.78, 5) is 59.5. The molecule has 2 aliphatic heterocycles. The van der Waals surface area contributed by atoms with E-state index in [0.717, 1.165) is 29.2 Å². The topological polar surface area (TPSA) is 330 Å². The van der Waals surface area contributed by atoms with Gasteiger partial charge in [0.2, 0.25) is 23.1 Å². The van der Waals surface area contributed by atoms with Crippen molar-refractivity contribution in [1.29, 1.82) is 0 Å². The number of nitrogens with zero attached hydrogens (tertiary/aromatic N) is 7. The average molecular weight is 1100 g/mol. The highest BCUT2D eigenvalue weighted by molar-refractivity contribution is 5.85. The molecule has 0 bridgehead atoms. The van der Waals surface area contributed by atoms with Crippen LogP contribution in [0.25, 0.3) is 0 Å². The Balaban J connectivity index is -0.000000822. The molecule has 0 radical (unpaired) electrons. The zero-order chi connectivity index (χ0) is 57.4. The van der Waals surface area contributed by atoms with E-state index in [4.69, 9.17) is 24.3 Å². The number of rotatable bonds is 8. The number of aromatic nitrogens is 9. The molecule has 6 aromatic rings. The van der Waals surface area contributed by atoms with E-state index >= 15 is 0 Å². The molecule has 0 aliphatic carbocycles. The number of hydrazone groups is 1. The van der Waals surface area contributed by atoms with Crippen LogP contribution >= 0.6 is 0 Å². The first-order valence-corrected chi connectivity index (χ1v) is 24.0. The number of H-pyrrole nitrogens is 4. The number of hydroxylamine groups is 1. The third-order valence-corrected chi connectivity index (χ3v) is 9.58. The molecule has 438 valence electrons. The summed E-state index contributed by atoms with van der Waals surface area (Å²) in [5.41, 5.74) is 5.39. The maximum atomic E-state index is 13.0. The summed E-state index contributed by atoms with van der Waals surface area (Å²) in [7, 11) is 0. The molecule has 78 heavy (non-hydrogen) atoms. The van der Waals surface area contributed by atoms with Crippen molar-refractivity contribution in [2.75, 3.05) is 0 Å². The van der Waals surface area contributed by atoms with Gasteiger partial charge in [-0.05, 0) is 49.5 Å². The van der Waals surface area contributed by atoms with Crippen LogP contribution in [-0.4, -0.2) is 67.6 Å². The minimum Gasteiger partial charge on any atom is -0.504 e. The first-order chi connectivity index (χ1) is 34.9. The van der Waals surface area contributed by atoms with Crippen molar-refractivity contribution >= 4 is 11.7 Å². The summed E-state index contributed by atoms with van der Waals surface area (Å²) in [6.45, 7) is 40.2. The molecule has 0 atom stereocenters. The van der Waals surface area contributed by atoms with Crippen LogP contribution in [0.5, 0.6) is 11.5 Å². The molecule has 0 amide bonds. The summed E-state index contributed by atoms with van der Waals surface area (Å²) in [6.07, 6.45) is 1.52. The maximum absolute atomic E-state index is 13.0. The lowest BCUT2D eigenvalue weighted by Crippen LogP contribution is -2.34. The summed E-state index contributed by atoms with van der Waals surface area (Å²) in [5, 5.41) is 41.4. The fourth-order valence-corrected chi connectivity index (χ4v) is 5.21. The zero-order valence-corrected chi connectivity index (χ0v) is 45.9. The lowest BCUT2D eigenvalue weighted by Gasteiger charge is -2.07. The molecule has 8 N–H and O–H groups in total. The predicted octanol–water partition coefficient (Wildman–Crippen LogP) is 10.6. The number of aromatic hydroxyl groups is 2. The highest BCUT2D eigenvalue weighted by atomic mass is 19.1. The highest BCUT2D eigenvalue weighted by Crippen LogP contribution is 2.27. The van der Waals surface area contributed by atoms with Crippen LogP contribution in [-0.2, 0) is 9.57 Å². The zero-order valence-electron chi connectivity index (χ0n) is 45.9. The van der Waals surface area contributed by atoms with Gasteiger partial charge in [0.15, 0.2) is 29.0 Å². The van der Waals surface area contributed by atoms with Gasteiger partial charge in [0.25, 0.3) is 5.43 Å². The van der Waals surface area contributed by atoms with E-state index in [1.165, 1.54) is 12.4 Å². The van der Waals surface area contributed by atoms with Gasteiger partial charge in [-0.25, -0.2) is 39.4 Å². The average Bonchev–Trinajstić information content (AvgIpc) is 4.20. The quantitative estimate of drug-likeness (QED) is 0.0657. The van der Waals surface area contributed by atoms with Gasteiger partial charge in [-0.1, -0.05) is 149 Å². The largest absolute Gasteiger partial charge is 0.504 e. The van der Waals surface area contributed by atoms with Gasteiger partial charge >= 0.3 is 11.4 Å². The molecule has 25 heteroatoms. The van der Waals surface area contributed by atoms with E-state index in [9.17, 15) is 28.0 Å². The first-order valence-electron chi connectivity index (χ1n) is 24.0. The molecule has 4 aromatic heterocycles. The molecule has 0 saturated carbocycles. The Kier molecular flexibility index (Phi) is 34.4. The van der Waals surface area contributed by atoms with Crippen molar-refractivity contribution in [3.8, 4) is 11.5 Å². The highest BCUT2D eigenvalue weighted by Gasteiger charge is 2.22. The van der Waals surface area contributed by atoms with Crippen LogP contribution in [0.3, 0.4) is 0 Å². The number of aromatic amines is 4. The number of hydrogen-bond acceptors (Lipinski definition) is 19. The fourth-order valence-electron chi connectivity index (χ4n) is 5.21. The van der Waals surface area contributed by atoms with Crippen LogP contribution in [0, 0.1) is 30.4 Å². The second-order valence-electron chi connectivity index (χ2n) is 18.9. The summed E-state index contributed by atoms with van der Waals surface area (Å²) in [6, 6.07) is 4.37. The van der Waals surface area contributed by atoms with Crippen molar-refractivity contribution in [2.24, 2.45) is 21.9 Å². The second kappa shape index (κ2) is 36.1. The number of aryl methyl sites for hydroxylation is 1. The molecular weight excluding hydrogens is 1020 g/mol. The predicted molar refractivity (Wildman–Crippen MR) is 301 cm³/mol. The van der Waals surface area contributed by atoms with Gasteiger partial charge in [0.1, 0.15) is 29.6 Å². The van der Waals surface area contributed by atoms with E-state index in [0.29, 0.717) is 58.5 Å². The Labute approximate surface area is 456 Å². The SMILES string of the molecule is C.C.C.C=C1N=C(C(C)C)NO1.C=C1NN=C(C(C)C)O1.CC(C)c1c(O)c(=O)c1=O.CC(C)c1ccc(F)c(O)c1F.CC(C)c1n[nH]c(=O)[nH]1.CC(C)c1ncn[nH]1.CC(C)c1noc(=O)[nH]1.Cc1cc(C(C)C)no1. The molecule has 0 fully saturated rings. The smallest absolute Gasteiger partial charge is 0.438 e. The molecule has 23 nitrogen and oxygen atoms in total. The number of nitrogens with one attached hydrogen (secondary N) is 6.